The smallest absolute Gasteiger partial charge is 0.0988 e. The molecule has 0 unspecified atom stereocenters. The van der Waals surface area contributed by atoms with Crippen molar-refractivity contribution in [1.29, 1.82) is 0 Å². The third-order valence-corrected chi connectivity index (χ3v) is 4.00. The summed E-state index contributed by atoms with van der Waals surface area (Å²) in [5.74, 6) is 0. The fourth-order valence-electron chi connectivity index (χ4n) is 2.67. The summed E-state index contributed by atoms with van der Waals surface area (Å²) in [4.78, 5) is 0. The van der Waals surface area contributed by atoms with Gasteiger partial charge in [0, 0.05) is 5.69 Å². The Hall–Kier alpha value is -2.58. The van der Waals surface area contributed by atoms with E-state index in [1.807, 2.05) is 55.5 Å². The van der Waals surface area contributed by atoms with Gasteiger partial charge in [-0.15, -0.1) is 0 Å². The Kier molecular flexibility index (Phi) is 4.74. The van der Waals surface area contributed by atoms with Crippen LogP contribution in [0, 0.1) is 0 Å². The van der Waals surface area contributed by atoms with Crippen molar-refractivity contribution in [2.45, 2.75) is 19.1 Å². The van der Waals surface area contributed by atoms with Crippen molar-refractivity contribution in [2.75, 3.05) is 5.32 Å². The molecule has 2 N–H and O–H groups in total. The number of rotatable bonds is 5. The number of aliphatic hydroxyl groups excluding tert-OH is 1. The second-order valence-electron chi connectivity index (χ2n) is 5.73. The molecule has 0 aliphatic heterocycles. The minimum absolute atomic E-state index is 0.0695. The van der Waals surface area contributed by atoms with Crippen LogP contribution >= 0.6 is 0 Å². The third-order valence-electron chi connectivity index (χ3n) is 4.00. The topological polar surface area (TPSA) is 32.3 Å². The second kappa shape index (κ2) is 7.12. The zero-order valence-corrected chi connectivity index (χ0v) is 13.2. The summed E-state index contributed by atoms with van der Waals surface area (Å²) in [6.45, 7) is 1.99. The molecule has 0 radical (unpaired) electrons. The predicted molar refractivity (Wildman–Crippen MR) is 96.4 cm³/mol. The molecular weight excluding hydrogens is 282 g/mol. The summed E-state index contributed by atoms with van der Waals surface area (Å²) in [6, 6.07) is 28.3. The van der Waals surface area contributed by atoms with Gasteiger partial charge in [0.25, 0.3) is 0 Å². The lowest BCUT2D eigenvalue weighted by atomic mass is 10.0. The van der Waals surface area contributed by atoms with Crippen molar-refractivity contribution >= 4 is 5.69 Å². The second-order valence-corrected chi connectivity index (χ2v) is 5.73. The van der Waals surface area contributed by atoms with Crippen molar-refractivity contribution < 1.29 is 5.11 Å². The zero-order valence-electron chi connectivity index (χ0n) is 13.2. The van der Waals surface area contributed by atoms with Crippen LogP contribution in [-0.2, 0) is 0 Å². The first-order valence-electron chi connectivity index (χ1n) is 7.89. The lowest BCUT2D eigenvalue weighted by Gasteiger charge is -2.22. The summed E-state index contributed by atoms with van der Waals surface area (Å²) in [5.41, 5.74) is 4.32. The van der Waals surface area contributed by atoms with Crippen LogP contribution in [0.15, 0.2) is 84.9 Å². The van der Waals surface area contributed by atoms with Gasteiger partial charge in [-0.1, -0.05) is 72.8 Å². The first-order valence-corrected chi connectivity index (χ1v) is 7.89. The number of hydrogen-bond donors (Lipinski definition) is 2. The molecule has 0 bridgehead atoms. The third kappa shape index (κ3) is 3.79. The highest BCUT2D eigenvalue weighted by molar-refractivity contribution is 5.65. The van der Waals surface area contributed by atoms with Gasteiger partial charge in [0.05, 0.1) is 12.1 Å². The van der Waals surface area contributed by atoms with E-state index in [2.05, 4.69) is 41.7 Å². The van der Waals surface area contributed by atoms with E-state index in [1.54, 1.807) is 0 Å². The molecule has 0 aromatic heterocycles. The zero-order chi connectivity index (χ0) is 16.1. The van der Waals surface area contributed by atoms with Gasteiger partial charge in [-0.2, -0.15) is 0 Å². The Labute approximate surface area is 137 Å². The molecule has 0 spiro atoms. The van der Waals surface area contributed by atoms with E-state index in [0.717, 1.165) is 11.3 Å². The average molecular weight is 303 g/mol. The molecule has 3 aromatic rings. The van der Waals surface area contributed by atoms with Crippen molar-refractivity contribution in [3.63, 3.8) is 0 Å². The largest absolute Gasteiger partial charge is 0.386 e. The van der Waals surface area contributed by atoms with Crippen LogP contribution in [0.1, 0.15) is 18.6 Å². The van der Waals surface area contributed by atoms with Crippen LogP contribution < -0.4 is 5.32 Å². The highest BCUT2D eigenvalue weighted by Crippen LogP contribution is 2.23. The van der Waals surface area contributed by atoms with Crippen molar-refractivity contribution in [3.05, 3.63) is 90.5 Å². The SMILES string of the molecule is C[C@@H](Nc1ccc(-c2ccccc2)cc1)[C@@H](O)c1ccccc1. The van der Waals surface area contributed by atoms with Gasteiger partial charge in [0.1, 0.15) is 0 Å². The Bertz CT molecular complexity index is 723. The number of anilines is 1. The summed E-state index contributed by atoms with van der Waals surface area (Å²) in [7, 11) is 0. The molecule has 116 valence electrons. The minimum atomic E-state index is -0.537. The van der Waals surface area contributed by atoms with Crippen LogP contribution in [0.2, 0.25) is 0 Å². The Morgan fingerprint density at radius 2 is 1.22 bits per heavy atom. The maximum atomic E-state index is 10.4. The highest BCUT2D eigenvalue weighted by atomic mass is 16.3. The fraction of sp³-hybridized carbons (Fsp3) is 0.143. The van der Waals surface area contributed by atoms with E-state index in [4.69, 9.17) is 0 Å². The molecule has 0 aliphatic carbocycles. The van der Waals surface area contributed by atoms with Gasteiger partial charge in [0.15, 0.2) is 0 Å². The molecule has 0 aliphatic rings. The van der Waals surface area contributed by atoms with Crippen LogP contribution in [0.5, 0.6) is 0 Å². The number of nitrogens with one attached hydrogen (secondary N) is 1. The van der Waals surface area contributed by atoms with E-state index >= 15 is 0 Å². The maximum absolute atomic E-state index is 10.4. The first kappa shape index (κ1) is 15.3. The average Bonchev–Trinajstić information content (AvgIpc) is 2.63. The Balaban J connectivity index is 1.68. The molecule has 0 saturated carbocycles. The van der Waals surface area contributed by atoms with E-state index in [-0.39, 0.29) is 6.04 Å². The minimum Gasteiger partial charge on any atom is -0.386 e. The van der Waals surface area contributed by atoms with E-state index in [9.17, 15) is 5.11 Å². The quantitative estimate of drug-likeness (QED) is 0.703. The molecule has 0 amide bonds. The summed E-state index contributed by atoms with van der Waals surface area (Å²) >= 11 is 0. The predicted octanol–water partition coefficient (Wildman–Crippen LogP) is 4.89. The maximum Gasteiger partial charge on any atom is 0.0988 e. The van der Waals surface area contributed by atoms with Gasteiger partial charge in [-0.05, 0) is 35.7 Å². The van der Waals surface area contributed by atoms with E-state index in [0.29, 0.717) is 0 Å². The van der Waals surface area contributed by atoms with Crippen molar-refractivity contribution in [3.8, 4) is 11.1 Å². The monoisotopic (exact) mass is 303 g/mol. The first-order chi connectivity index (χ1) is 11.2. The van der Waals surface area contributed by atoms with Crippen LogP contribution in [0.4, 0.5) is 5.69 Å². The molecule has 2 atom stereocenters. The summed E-state index contributed by atoms with van der Waals surface area (Å²) in [6.07, 6.45) is -0.537. The van der Waals surface area contributed by atoms with Crippen molar-refractivity contribution in [2.24, 2.45) is 0 Å². The van der Waals surface area contributed by atoms with E-state index in [1.165, 1.54) is 11.1 Å². The van der Waals surface area contributed by atoms with Gasteiger partial charge in [-0.3, -0.25) is 0 Å². The lowest BCUT2D eigenvalue weighted by Crippen LogP contribution is -2.23. The molecule has 0 saturated heterocycles. The molecule has 3 rings (SSSR count). The molecule has 0 fully saturated rings. The standard InChI is InChI=1S/C21H21NO/c1-16(21(23)19-10-6-3-7-11-19)22-20-14-12-18(13-15-20)17-8-4-2-5-9-17/h2-16,21-23H,1H3/t16-,21-/m1/s1. The normalized spacial score (nSPS) is 13.3. The number of aliphatic hydroxyl groups is 1. The van der Waals surface area contributed by atoms with Crippen LogP contribution in [-0.4, -0.2) is 11.1 Å². The van der Waals surface area contributed by atoms with Gasteiger partial charge >= 0.3 is 0 Å². The van der Waals surface area contributed by atoms with Gasteiger partial charge in [-0.25, -0.2) is 0 Å². The fourth-order valence-corrected chi connectivity index (χ4v) is 2.67. The molecular formula is C21H21NO. The number of benzene rings is 3. The molecule has 0 heterocycles. The Morgan fingerprint density at radius 1 is 0.696 bits per heavy atom. The van der Waals surface area contributed by atoms with Gasteiger partial charge in [0.2, 0.25) is 0 Å². The highest BCUT2D eigenvalue weighted by Gasteiger charge is 2.15. The lowest BCUT2D eigenvalue weighted by molar-refractivity contribution is 0.161. The summed E-state index contributed by atoms with van der Waals surface area (Å²) in [5, 5.41) is 13.8. The summed E-state index contributed by atoms with van der Waals surface area (Å²) < 4.78 is 0. The van der Waals surface area contributed by atoms with Gasteiger partial charge < -0.3 is 10.4 Å². The van der Waals surface area contributed by atoms with Crippen LogP contribution in [0.25, 0.3) is 11.1 Å². The molecule has 2 nitrogen and oxygen atoms in total. The van der Waals surface area contributed by atoms with E-state index < -0.39 is 6.10 Å². The van der Waals surface area contributed by atoms with Crippen molar-refractivity contribution in [1.82, 2.24) is 0 Å². The Morgan fingerprint density at radius 3 is 1.83 bits per heavy atom. The number of hydrogen-bond acceptors (Lipinski definition) is 2. The molecule has 2 heteroatoms. The molecule has 23 heavy (non-hydrogen) atoms. The molecule has 3 aromatic carbocycles. The van der Waals surface area contributed by atoms with Crippen LogP contribution in [0.3, 0.4) is 0 Å².